The molecule has 1 aliphatic carbocycles. The molecule has 90 valence electrons. The van der Waals surface area contributed by atoms with Crippen LogP contribution in [0.3, 0.4) is 0 Å². The van der Waals surface area contributed by atoms with Crippen molar-refractivity contribution in [2.75, 3.05) is 19.6 Å². The molecule has 4 nitrogen and oxygen atoms in total. The van der Waals surface area contributed by atoms with E-state index in [0.717, 1.165) is 31.8 Å². The average Bonchev–Trinajstić information content (AvgIpc) is 3.10. The molecule has 4 heteroatoms. The Morgan fingerprint density at radius 1 is 1.38 bits per heavy atom. The summed E-state index contributed by atoms with van der Waals surface area (Å²) in [6, 6.07) is 0. The highest BCUT2D eigenvalue weighted by Crippen LogP contribution is 2.34. The summed E-state index contributed by atoms with van der Waals surface area (Å²) in [5.74, 6) is 0.484. The molecule has 1 aliphatic heterocycles. The fourth-order valence-corrected chi connectivity index (χ4v) is 2.37. The Kier molecular flexibility index (Phi) is 3.28. The van der Waals surface area contributed by atoms with Crippen LogP contribution in [0.2, 0.25) is 0 Å². The van der Waals surface area contributed by atoms with Gasteiger partial charge in [-0.15, -0.1) is 0 Å². The van der Waals surface area contributed by atoms with Crippen molar-refractivity contribution in [2.24, 2.45) is 17.1 Å². The maximum absolute atomic E-state index is 11.3. The Bertz CT molecular complexity index is 279. The minimum absolute atomic E-state index is 0.454. The zero-order valence-electron chi connectivity index (χ0n) is 9.65. The second-order valence-electron chi connectivity index (χ2n) is 5.21. The highest BCUT2D eigenvalue weighted by Gasteiger charge is 2.39. The summed E-state index contributed by atoms with van der Waals surface area (Å²) in [6.07, 6.45) is 5.98. The normalized spacial score (nSPS) is 25.2. The number of primary amides is 1. The first-order chi connectivity index (χ1) is 7.66. The van der Waals surface area contributed by atoms with Gasteiger partial charge in [0.25, 0.3) is 0 Å². The van der Waals surface area contributed by atoms with Crippen molar-refractivity contribution in [2.45, 2.75) is 32.1 Å². The van der Waals surface area contributed by atoms with Crippen LogP contribution in [0.25, 0.3) is 0 Å². The molecule has 0 aromatic rings. The van der Waals surface area contributed by atoms with Crippen molar-refractivity contribution in [1.82, 2.24) is 4.90 Å². The summed E-state index contributed by atoms with van der Waals surface area (Å²) in [7, 11) is 0. The van der Waals surface area contributed by atoms with Gasteiger partial charge in [0.15, 0.2) is 0 Å². The van der Waals surface area contributed by atoms with E-state index in [1.54, 1.807) is 0 Å². The van der Waals surface area contributed by atoms with Gasteiger partial charge in [0, 0.05) is 0 Å². The first-order valence-corrected chi connectivity index (χ1v) is 6.15. The number of carbonyl (C=O) groups excluding carboxylic acids is 2. The Labute approximate surface area is 96.2 Å². The highest BCUT2D eigenvalue weighted by molar-refractivity contribution is 5.95. The second-order valence-corrected chi connectivity index (χ2v) is 5.21. The van der Waals surface area contributed by atoms with Gasteiger partial charge < -0.3 is 15.4 Å². The molecule has 2 aliphatic rings. The molecule has 0 aromatic carbocycles. The predicted octanol–water partition coefficient (Wildman–Crippen LogP) is 0.553. The van der Waals surface area contributed by atoms with Crippen LogP contribution in [0, 0.1) is 11.3 Å². The molecule has 1 saturated heterocycles. The maximum Gasteiger partial charge on any atom is 0.230 e. The van der Waals surface area contributed by atoms with E-state index in [1.807, 2.05) is 0 Å². The lowest BCUT2D eigenvalue weighted by molar-refractivity contribution is -0.137. The van der Waals surface area contributed by atoms with E-state index >= 15 is 0 Å². The molecule has 1 saturated carbocycles. The zero-order chi connectivity index (χ0) is 11.6. The van der Waals surface area contributed by atoms with E-state index in [2.05, 4.69) is 4.90 Å². The molecule has 2 rings (SSSR count). The molecule has 1 heterocycles. The topological polar surface area (TPSA) is 63.4 Å². The van der Waals surface area contributed by atoms with Crippen LogP contribution < -0.4 is 5.73 Å². The third-order valence-corrected chi connectivity index (χ3v) is 4.02. The molecule has 0 bridgehead atoms. The first-order valence-electron chi connectivity index (χ1n) is 6.15. The third kappa shape index (κ3) is 2.43. The summed E-state index contributed by atoms with van der Waals surface area (Å²) in [5.41, 5.74) is 4.42. The number of amides is 1. The maximum atomic E-state index is 11.3. The third-order valence-electron chi connectivity index (χ3n) is 4.02. The predicted molar refractivity (Wildman–Crippen MR) is 60.7 cm³/mol. The van der Waals surface area contributed by atoms with E-state index in [-0.39, 0.29) is 0 Å². The highest BCUT2D eigenvalue weighted by atomic mass is 16.2. The molecule has 16 heavy (non-hydrogen) atoms. The van der Waals surface area contributed by atoms with Gasteiger partial charge in [-0.25, -0.2) is 0 Å². The Hall–Kier alpha value is -0.900. The van der Waals surface area contributed by atoms with Gasteiger partial charge in [-0.3, -0.25) is 4.79 Å². The summed E-state index contributed by atoms with van der Waals surface area (Å²) >= 11 is 0. The van der Waals surface area contributed by atoms with E-state index < -0.39 is 11.3 Å². The Balaban J connectivity index is 1.79. The van der Waals surface area contributed by atoms with Gasteiger partial charge in [0.1, 0.15) is 11.7 Å². The number of carbonyl (C=O) groups is 2. The largest absolute Gasteiger partial charge is 0.369 e. The van der Waals surface area contributed by atoms with Crippen molar-refractivity contribution < 1.29 is 9.59 Å². The Morgan fingerprint density at radius 2 is 2.00 bits per heavy atom. The fourth-order valence-electron chi connectivity index (χ4n) is 2.37. The van der Waals surface area contributed by atoms with Crippen LogP contribution in [0.5, 0.6) is 0 Å². The van der Waals surface area contributed by atoms with Crippen molar-refractivity contribution in [3.8, 4) is 0 Å². The summed E-state index contributed by atoms with van der Waals surface area (Å²) in [5, 5.41) is 0. The van der Waals surface area contributed by atoms with Crippen LogP contribution in [-0.2, 0) is 9.59 Å². The van der Waals surface area contributed by atoms with Gasteiger partial charge in [0.2, 0.25) is 5.91 Å². The molecule has 0 radical (unpaired) electrons. The molecule has 0 spiro atoms. The van der Waals surface area contributed by atoms with Crippen LogP contribution in [0.15, 0.2) is 0 Å². The van der Waals surface area contributed by atoms with Crippen LogP contribution in [-0.4, -0.2) is 36.7 Å². The van der Waals surface area contributed by atoms with E-state index in [1.165, 1.54) is 19.3 Å². The van der Waals surface area contributed by atoms with E-state index in [9.17, 15) is 9.59 Å². The minimum Gasteiger partial charge on any atom is -0.369 e. The number of nitrogens with zero attached hydrogens (tertiary/aromatic N) is 1. The number of aldehydes is 1. The first kappa shape index (κ1) is 11.6. The molecule has 0 atom stereocenters. The molecule has 1 amide bonds. The van der Waals surface area contributed by atoms with E-state index in [4.69, 9.17) is 5.73 Å². The molecular formula is C12H20N2O2. The fraction of sp³-hybridized carbons (Fsp3) is 0.833. The number of hydrogen-bond acceptors (Lipinski definition) is 3. The molecule has 0 aromatic heterocycles. The quantitative estimate of drug-likeness (QED) is 0.548. The van der Waals surface area contributed by atoms with Gasteiger partial charge in [-0.2, -0.15) is 0 Å². The Morgan fingerprint density at radius 3 is 2.44 bits per heavy atom. The van der Waals surface area contributed by atoms with Crippen LogP contribution >= 0.6 is 0 Å². The van der Waals surface area contributed by atoms with Gasteiger partial charge >= 0.3 is 0 Å². The zero-order valence-corrected chi connectivity index (χ0v) is 9.65. The average molecular weight is 224 g/mol. The van der Waals surface area contributed by atoms with Crippen molar-refractivity contribution in [1.29, 1.82) is 0 Å². The number of likely N-dealkylation sites (tertiary alicyclic amines) is 1. The smallest absolute Gasteiger partial charge is 0.230 e. The minimum atomic E-state index is -0.879. The lowest BCUT2D eigenvalue weighted by Gasteiger charge is -2.36. The summed E-state index contributed by atoms with van der Waals surface area (Å²) in [6.45, 7) is 2.77. The monoisotopic (exact) mass is 224 g/mol. The van der Waals surface area contributed by atoms with Crippen molar-refractivity contribution >= 4 is 12.2 Å². The van der Waals surface area contributed by atoms with Crippen LogP contribution in [0.1, 0.15) is 32.1 Å². The van der Waals surface area contributed by atoms with Crippen molar-refractivity contribution in [3.63, 3.8) is 0 Å². The van der Waals surface area contributed by atoms with Gasteiger partial charge in [-0.1, -0.05) is 12.8 Å². The number of rotatable bonds is 5. The number of piperidine rings is 1. The SMILES string of the molecule is NC(=O)C1(C=O)CCN(CCC2CC2)CC1. The standard InChI is InChI=1S/C12H20N2O2/c13-11(16)12(9-15)4-7-14(8-5-12)6-3-10-1-2-10/h9-10H,1-8H2,(H2,13,16). The molecule has 2 fully saturated rings. The second kappa shape index (κ2) is 4.53. The summed E-state index contributed by atoms with van der Waals surface area (Å²) < 4.78 is 0. The van der Waals surface area contributed by atoms with Gasteiger partial charge in [0.05, 0.1) is 0 Å². The van der Waals surface area contributed by atoms with E-state index in [0.29, 0.717) is 12.8 Å². The van der Waals surface area contributed by atoms with Gasteiger partial charge in [-0.05, 0) is 44.8 Å². The lowest BCUT2D eigenvalue weighted by atomic mass is 9.79. The molecule has 2 N–H and O–H groups in total. The van der Waals surface area contributed by atoms with Crippen LogP contribution in [0.4, 0.5) is 0 Å². The number of nitrogens with two attached hydrogens (primary N) is 1. The number of hydrogen-bond donors (Lipinski definition) is 1. The molecular weight excluding hydrogens is 204 g/mol. The van der Waals surface area contributed by atoms with Crippen molar-refractivity contribution in [3.05, 3.63) is 0 Å². The summed E-state index contributed by atoms with van der Waals surface area (Å²) in [4.78, 5) is 24.6. The molecule has 0 unspecified atom stereocenters. The lowest BCUT2D eigenvalue weighted by Crippen LogP contribution is -2.48.